The molecule has 1 amide bonds. The number of nitrogens with two attached hydrogens (primary N) is 1. The van der Waals surface area contributed by atoms with Crippen molar-refractivity contribution in [2.24, 2.45) is 5.73 Å². The summed E-state index contributed by atoms with van der Waals surface area (Å²) in [5.74, 6) is 0.571. The molecule has 0 aliphatic heterocycles. The fraction of sp³-hybridized carbons (Fsp3) is 0.278. The Morgan fingerprint density at radius 3 is 2.35 bits per heavy atom. The minimum atomic E-state index is -0.534. The highest BCUT2D eigenvalue weighted by molar-refractivity contribution is 5.95. The number of anilines is 1. The third kappa shape index (κ3) is 5.27. The summed E-state index contributed by atoms with van der Waals surface area (Å²) in [4.78, 5) is 11.6. The highest BCUT2D eigenvalue weighted by atomic mass is 35.5. The summed E-state index contributed by atoms with van der Waals surface area (Å²) in [6.07, 6.45) is -0.0369. The van der Waals surface area contributed by atoms with E-state index in [1.807, 2.05) is 62.4 Å². The van der Waals surface area contributed by atoms with Crippen LogP contribution >= 0.6 is 12.4 Å². The number of amides is 1. The first-order valence-corrected chi connectivity index (χ1v) is 7.36. The molecule has 0 aliphatic rings. The molecule has 2 atom stereocenters. The fourth-order valence-corrected chi connectivity index (χ4v) is 2.09. The van der Waals surface area contributed by atoms with Crippen LogP contribution < -0.4 is 15.8 Å². The summed E-state index contributed by atoms with van der Waals surface area (Å²) >= 11 is 0. The molecule has 23 heavy (non-hydrogen) atoms. The number of hydrogen-bond acceptors (Lipinski definition) is 3. The zero-order valence-corrected chi connectivity index (χ0v) is 14.4. The quantitative estimate of drug-likeness (QED) is 0.873. The van der Waals surface area contributed by atoms with Crippen molar-refractivity contribution in [2.75, 3.05) is 5.32 Å². The number of carbonyl (C=O) groups excluding carboxylic acids is 1. The summed E-state index contributed by atoms with van der Waals surface area (Å²) < 4.78 is 5.95. The van der Waals surface area contributed by atoms with Crippen molar-refractivity contribution in [1.82, 2.24) is 0 Å². The van der Waals surface area contributed by atoms with Gasteiger partial charge in [0.2, 0.25) is 5.91 Å². The molecule has 4 nitrogen and oxygen atoms in total. The van der Waals surface area contributed by atoms with Gasteiger partial charge in [-0.05, 0) is 50.1 Å². The van der Waals surface area contributed by atoms with Crippen molar-refractivity contribution >= 4 is 24.0 Å². The van der Waals surface area contributed by atoms with Crippen LogP contribution in [0.1, 0.15) is 31.1 Å². The first kappa shape index (κ1) is 19.0. The molecule has 0 aliphatic carbocycles. The van der Waals surface area contributed by atoms with Crippen LogP contribution in [0.25, 0.3) is 0 Å². The third-order valence-corrected chi connectivity index (χ3v) is 3.45. The van der Waals surface area contributed by atoms with E-state index in [2.05, 4.69) is 5.32 Å². The second kappa shape index (κ2) is 8.56. The Morgan fingerprint density at radius 1 is 1.13 bits per heavy atom. The topological polar surface area (TPSA) is 64.3 Å². The summed E-state index contributed by atoms with van der Waals surface area (Å²) in [6.45, 7) is 5.59. The van der Waals surface area contributed by atoms with Crippen molar-refractivity contribution in [3.8, 4) is 5.75 Å². The number of rotatable bonds is 5. The van der Waals surface area contributed by atoms with Crippen LogP contribution in [-0.2, 0) is 4.79 Å². The van der Waals surface area contributed by atoms with Crippen LogP contribution in [0.2, 0.25) is 0 Å². The van der Waals surface area contributed by atoms with Crippen LogP contribution in [0, 0.1) is 6.92 Å². The monoisotopic (exact) mass is 334 g/mol. The molecule has 1 unspecified atom stereocenters. The predicted octanol–water partition coefficient (Wildman–Crippen LogP) is 3.84. The van der Waals surface area contributed by atoms with Crippen molar-refractivity contribution in [1.29, 1.82) is 0 Å². The molecule has 2 aromatic carbocycles. The van der Waals surface area contributed by atoms with Gasteiger partial charge < -0.3 is 15.8 Å². The predicted molar refractivity (Wildman–Crippen MR) is 96.2 cm³/mol. The number of benzene rings is 2. The average Bonchev–Trinajstić information content (AvgIpc) is 2.50. The number of ether oxygens (including phenoxy) is 1. The van der Waals surface area contributed by atoms with Gasteiger partial charge in [-0.3, -0.25) is 4.79 Å². The molecule has 0 heterocycles. The van der Waals surface area contributed by atoms with Crippen LogP contribution in [0.5, 0.6) is 5.75 Å². The van der Waals surface area contributed by atoms with Crippen molar-refractivity contribution < 1.29 is 9.53 Å². The lowest BCUT2D eigenvalue weighted by Gasteiger charge is -2.17. The van der Waals surface area contributed by atoms with E-state index < -0.39 is 6.04 Å². The summed E-state index contributed by atoms with van der Waals surface area (Å²) in [5.41, 5.74) is 8.37. The molecule has 0 saturated heterocycles. The van der Waals surface area contributed by atoms with Gasteiger partial charge in [-0.15, -0.1) is 12.4 Å². The maximum absolute atomic E-state index is 11.6. The second-order valence-corrected chi connectivity index (χ2v) is 5.43. The zero-order chi connectivity index (χ0) is 16.1. The van der Waals surface area contributed by atoms with Crippen LogP contribution in [0.3, 0.4) is 0 Å². The Hall–Kier alpha value is -2.04. The van der Waals surface area contributed by atoms with E-state index in [0.717, 1.165) is 22.6 Å². The average molecular weight is 335 g/mol. The molecule has 124 valence electrons. The van der Waals surface area contributed by atoms with Gasteiger partial charge in [-0.1, -0.05) is 30.3 Å². The molecule has 3 N–H and O–H groups in total. The first-order valence-electron chi connectivity index (χ1n) is 7.36. The van der Waals surface area contributed by atoms with E-state index >= 15 is 0 Å². The molecule has 0 aromatic heterocycles. The van der Waals surface area contributed by atoms with E-state index in [0.29, 0.717) is 0 Å². The highest BCUT2D eigenvalue weighted by Gasteiger charge is 2.11. The van der Waals surface area contributed by atoms with E-state index in [-0.39, 0.29) is 24.4 Å². The van der Waals surface area contributed by atoms with E-state index in [1.54, 1.807) is 6.92 Å². The van der Waals surface area contributed by atoms with Gasteiger partial charge in [-0.2, -0.15) is 0 Å². The second-order valence-electron chi connectivity index (χ2n) is 5.43. The Labute approximate surface area is 143 Å². The molecular weight excluding hydrogens is 312 g/mol. The first-order chi connectivity index (χ1) is 10.5. The van der Waals surface area contributed by atoms with Gasteiger partial charge in [0, 0.05) is 5.69 Å². The number of nitrogens with one attached hydrogen (secondary N) is 1. The number of carbonyl (C=O) groups is 1. The fourth-order valence-electron chi connectivity index (χ4n) is 2.09. The smallest absolute Gasteiger partial charge is 0.241 e. The Bertz CT molecular complexity index is 645. The third-order valence-electron chi connectivity index (χ3n) is 3.45. The number of hydrogen-bond donors (Lipinski definition) is 2. The molecule has 0 spiro atoms. The Morgan fingerprint density at radius 2 is 1.78 bits per heavy atom. The van der Waals surface area contributed by atoms with Gasteiger partial charge >= 0.3 is 0 Å². The lowest BCUT2D eigenvalue weighted by atomic mass is 10.1. The maximum Gasteiger partial charge on any atom is 0.241 e. The molecule has 0 radical (unpaired) electrons. The standard InChI is InChI=1S/C18H22N2O2.ClH/c1-12-11-16(9-10-17(12)20-18(21)13(2)19)22-14(3)15-7-5-4-6-8-15;/h4-11,13-14H,19H2,1-3H3,(H,20,21);1H/t13-,14?;/m0./s1. The molecular formula is C18H23ClN2O2. The van der Waals surface area contributed by atoms with Crippen molar-refractivity contribution in [2.45, 2.75) is 32.9 Å². The SMILES string of the molecule is Cc1cc(OC(C)c2ccccc2)ccc1NC(=O)[C@H](C)N.Cl. The zero-order valence-electron chi connectivity index (χ0n) is 13.6. The normalized spacial score (nSPS) is 12.7. The molecule has 2 aromatic rings. The Kier molecular flexibility index (Phi) is 7.07. The summed E-state index contributed by atoms with van der Waals surface area (Å²) in [6, 6.07) is 15.1. The van der Waals surface area contributed by atoms with Crippen molar-refractivity contribution in [3.05, 3.63) is 59.7 Å². The lowest BCUT2D eigenvalue weighted by molar-refractivity contribution is -0.117. The number of aryl methyl sites for hydroxylation is 1. The van der Waals surface area contributed by atoms with E-state index in [1.165, 1.54) is 0 Å². The highest BCUT2D eigenvalue weighted by Crippen LogP contribution is 2.26. The van der Waals surface area contributed by atoms with Gasteiger partial charge in [0.1, 0.15) is 11.9 Å². The lowest BCUT2D eigenvalue weighted by Crippen LogP contribution is -2.32. The minimum absolute atomic E-state index is 0. The molecule has 0 bridgehead atoms. The Balaban J connectivity index is 0.00000264. The van der Waals surface area contributed by atoms with E-state index in [9.17, 15) is 4.79 Å². The molecule has 0 saturated carbocycles. The van der Waals surface area contributed by atoms with Gasteiger partial charge in [-0.25, -0.2) is 0 Å². The van der Waals surface area contributed by atoms with Gasteiger partial charge in [0.15, 0.2) is 0 Å². The molecule has 2 rings (SSSR count). The molecule has 0 fully saturated rings. The minimum Gasteiger partial charge on any atom is -0.486 e. The van der Waals surface area contributed by atoms with Crippen LogP contribution in [0.15, 0.2) is 48.5 Å². The summed E-state index contributed by atoms with van der Waals surface area (Å²) in [7, 11) is 0. The van der Waals surface area contributed by atoms with Crippen LogP contribution in [-0.4, -0.2) is 11.9 Å². The largest absolute Gasteiger partial charge is 0.486 e. The summed E-state index contributed by atoms with van der Waals surface area (Å²) in [5, 5.41) is 2.80. The maximum atomic E-state index is 11.6. The number of halogens is 1. The van der Waals surface area contributed by atoms with E-state index in [4.69, 9.17) is 10.5 Å². The van der Waals surface area contributed by atoms with Gasteiger partial charge in [0.05, 0.1) is 6.04 Å². The van der Waals surface area contributed by atoms with Crippen LogP contribution in [0.4, 0.5) is 5.69 Å². The van der Waals surface area contributed by atoms with Crippen molar-refractivity contribution in [3.63, 3.8) is 0 Å². The molecule has 5 heteroatoms. The van der Waals surface area contributed by atoms with Gasteiger partial charge in [0.25, 0.3) is 0 Å².